The second-order valence-corrected chi connectivity index (χ2v) is 5.85. The maximum atomic E-state index is 13.2. The van der Waals surface area contributed by atoms with Gasteiger partial charge >= 0.3 is 0 Å². The summed E-state index contributed by atoms with van der Waals surface area (Å²) in [5, 5.41) is 0. The van der Waals surface area contributed by atoms with Crippen molar-refractivity contribution in [2.75, 3.05) is 39.4 Å². The number of halogens is 1. The first kappa shape index (κ1) is 14.5. The van der Waals surface area contributed by atoms with Crippen LogP contribution in [0.25, 0.3) is 0 Å². The number of piperidine rings is 1. The summed E-state index contributed by atoms with van der Waals surface area (Å²) < 4.78 is 18.6. The predicted molar refractivity (Wildman–Crippen MR) is 76.8 cm³/mol. The van der Waals surface area contributed by atoms with Crippen LogP contribution in [0.4, 0.5) is 4.39 Å². The van der Waals surface area contributed by atoms with Crippen molar-refractivity contribution in [3.63, 3.8) is 0 Å². The molecule has 114 valence electrons. The molecule has 1 N–H and O–H groups in total. The van der Waals surface area contributed by atoms with Crippen LogP contribution in [-0.4, -0.2) is 56.2 Å². The zero-order valence-electron chi connectivity index (χ0n) is 12.2. The first-order chi connectivity index (χ1) is 10.2. The quantitative estimate of drug-likeness (QED) is 0.853. The van der Waals surface area contributed by atoms with Gasteiger partial charge in [-0.05, 0) is 18.2 Å². The molecule has 2 aliphatic heterocycles. The van der Waals surface area contributed by atoms with Gasteiger partial charge in [-0.1, -0.05) is 6.07 Å². The summed E-state index contributed by atoms with van der Waals surface area (Å²) in [6.07, 6.45) is 2.05. The molecule has 2 aliphatic rings. The van der Waals surface area contributed by atoms with Crippen molar-refractivity contribution >= 4 is 5.91 Å². The lowest BCUT2D eigenvalue weighted by molar-refractivity contribution is -0.934. The molecule has 0 spiro atoms. The highest BCUT2D eigenvalue weighted by Gasteiger charge is 2.30. The Bertz CT molecular complexity index is 495. The molecule has 2 saturated heterocycles. The van der Waals surface area contributed by atoms with Crippen LogP contribution in [0.2, 0.25) is 0 Å². The van der Waals surface area contributed by atoms with Crippen LogP contribution in [0.3, 0.4) is 0 Å². The lowest BCUT2D eigenvalue weighted by atomic mass is 10.0. The van der Waals surface area contributed by atoms with E-state index in [1.54, 1.807) is 17.0 Å². The Morgan fingerprint density at radius 3 is 2.62 bits per heavy atom. The standard InChI is InChI=1S/C16H21FN2O2/c17-14-3-1-2-13(12-14)16(20)19-6-4-15(5-7-19)18-8-10-21-11-9-18/h1-3,12,15H,4-11H2/p+1. The molecule has 1 aromatic rings. The minimum Gasteiger partial charge on any atom is -0.370 e. The van der Waals surface area contributed by atoms with Crippen molar-refractivity contribution in [3.8, 4) is 0 Å². The van der Waals surface area contributed by atoms with Gasteiger partial charge in [0.15, 0.2) is 0 Å². The van der Waals surface area contributed by atoms with Gasteiger partial charge in [0.2, 0.25) is 0 Å². The van der Waals surface area contributed by atoms with E-state index in [1.807, 2.05) is 4.90 Å². The van der Waals surface area contributed by atoms with Gasteiger partial charge in [0, 0.05) is 31.5 Å². The van der Waals surface area contributed by atoms with E-state index in [0.29, 0.717) is 11.6 Å². The number of likely N-dealkylation sites (tertiary alicyclic amines) is 1. The third kappa shape index (κ3) is 3.41. The predicted octanol–water partition coefficient (Wildman–Crippen LogP) is 0.345. The summed E-state index contributed by atoms with van der Waals surface area (Å²) >= 11 is 0. The number of rotatable bonds is 2. The molecule has 0 radical (unpaired) electrons. The molecular weight excluding hydrogens is 271 g/mol. The van der Waals surface area contributed by atoms with Crippen molar-refractivity contribution in [3.05, 3.63) is 35.6 Å². The number of quaternary nitrogens is 1. The molecule has 21 heavy (non-hydrogen) atoms. The fraction of sp³-hybridized carbons (Fsp3) is 0.562. The molecular formula is C16H22FN2O2+. The number of benzene rings is 1. The molecule has 3 rings (SSSR count). The lowest BCUT2D eigenvalue weighted by Gasteiger charge is -2.37. The van der Waals surface area contributed by atoms with Crippen LogP contribution >= 0.6 is 0 Å². The average Bonchev–Trinajstić information content (AvgIpc) is 2.55. The van der Waals surface area contributed by atoms with Crippen molar-refractivity contribution in [1.82, 2.24) is 4.90 Å². The van der Waals surface area contributed by atoms with E-state index in [1.165, 1.54) is 12.1 Å². The average molecular weight is 293 g/mol. The van der Waals surface area contributed by atoms with Gasteiger partial charge in [0.05, 0.1) is 19.3 Å². The topological polar surface area (TPSA) is 34.0 Å². The van der Waals surface area contributed by atoms with Crippen LogP contribution in [0.1, 0.15) is 23.2 Å². The second kappa shape index (κ2) is 6.54. The van der Waals surface area contributed by atoms with Crippen LogP contribution in [-0.2, 0) is 4.74 Å². The number of hydrogen-bond acceptors (Lipinski definition) is 2. The number of nitrogens with zero attached hydrogens (tertiary/aromatic N) is 1. The van der Waals surface area contributed by atoms with Gasteiger partial charge in [-0.25, -0.2) is 4.39 Å². The minimum absolute atomic E-state index is 0.0510. The number of ether oxygens (including phenoxy) is 1. The molecule has 5 heteroatoms. The Morgan fingerprint density at radius 2 is 1.95 bits per heavy atom. The highest BCUT2D eigenvalue weighted by atomic mass is 19.1. The van der Waals surface area contributed by atoms with E-state index < -0.39 is 0 Å². The minimum atomic E-state index is -0.353. The van der Waals surface area contributed by atoms with Gasteiger partial charge in [-0.3, -0.25) is 4.79 Å². The van der Waals surface area contributed by atoms with Crippen molar-refractivity contribution in [1.29, 1.82) is 0 Å². The summed E-state index contributed by atoms with van der Waals surface area (Å²) in [5.74, 6) is -0.404. The fourth-order valence-corrected chi connectivity index (χ4v) is 3.34. The Kier molecular flexibility index (Phi) is 4.51. The molecule has 0 saturated carbocycles. The fourth-order valence-electron chi connectivity index (χ4n) is 3.34. The van der Waals surface area contributed by atoms with Gasteiger partial charge < -0.3 is 14.5 Å². The normalized spacial score (nSPS) is 21.5. The first-order valence-corrected chi connectivity index (χ1v) is 7.71. The zero-order valence-corrected chi connectivity index (χ0v) is 12.2. The molecule has 0 aliphatic carbocycles. The van der Waals surface area contributed by atoms with E-state index in [0.717, 1.165) is 52.2 Å². The van der Waals surface area contributed by atoms with Crippen molar-refractivity contribution < 1.29 is 18.8 Å². The zero-order chi connectivity index (χ0) is 14.7. The van der Waals surface area contributed by atoms with E-state index in [-0.39, 0.29) is 11.7 Å². The smallest absolute Gasteiger partial charge is 0.253 e. The highest BCUT2D eigenvalue weighted by molar-refractivity contribution is 5.94. The number of carbonyl (C=O) groups excluding carboxylic acids is 1. The maximum absolute atomic E-state index is 13.2. The third-order valence-corrected chi connectivity index (χ3v) is 4.57. The third-order valence-electron chi connectivity index (χ3n) is 4.57. The molecule has 0 atom stereocenters. The summed E-state index contributed by atoms with van der Waals surface area (Å²) in [5.41, 5.74) is 0.451. The molecule has 2 fully saturated rings. The molecule has 1 amide bonds. The van der Waals surface area contributed by atoms with Crippen LogP contribution in [0, 0.1) is 5.82 Å². The number of amides is 1. The van der Waals surface area contributed by atoms with E-state index in [2.05, 4.69) is 0 Å². The molecule has 2 heterocycles. The Balaban J connectivity index is 1.56. The Labute approximate surface area is 124 Å². The number of carbonyl (C=O) groups is 1. The summed E-state index contributed by atoms with van der Waals surface area (Å²) in [6, 6.07) is 6.59. The molecule has 0 bridgehead atoms. The highest BCUT2D eigenvalue weighted by Crippen LogP contribution is 2.13. The molecule has 0 unspecified atom stereocenters. The van der Waals surface area contributed by atoms with Crippen LogP contribution in [0.5, 0.6) is 0 Å². The Morgan fingerprint density at radius 1 is 1.24 bits per heavy atom. The van der Waals surface area contributed by atoms with Crippen LogP contribution < -0.4 is 4.90 Å². The summed E-state index contributed by atoms with van der Waals surface area (Å²) in [7, 11) is 0. The first-order valence-electron chi connectivity index (χ1n) is 7.71. The van der Waals surface area contributed by atoms with Gasteiger partial charge in [-0.2, -0.15) is 0 Å². The van der Waals surface area contributed by atoms with E-state index in [4.69, 9.17) is 4.74 Å². The van der Waals surface area contributed by atoms with Crippen molar-refractivity contribution in [2.45, 2.75) is 18.9 Å². The molecule has 4 nitrogen and oxygen atoms in total. The van der Waals surface area contributed by atoms with E-state index in [9.17, 15) is 9.18 Å². The number of morpholine rings is 1. The van der Waals surface area contributed by atoms with Crippen LogP contribution in [0.15, 0.2) is 24.3 Å². The monoisotopic (exact) mass is 293 g/mol. The number of nitrogens with one attached hydrogen (secondary N) is 1. The Hall–Kier alpha value is -1.46. The van der Waals surface area contributed by atoms with Crippen molar-refractivity contribution in [2.24, 2.45) is 0 Å². The van der Waals surface area contributed by atoms with E-state index >= 15 is 0 Å². The lowest BCUT2D eigenvalue weighted by Crippen LogP contribution is -3.18. The van der Waals surface area contributed by atoms with Gasteiger partial charge in [-0.15, -0.1) is 0 Å². The molecule has 0 aromatic heterocycles. The van der Waals surface area contributed by atoms with Gasteiger partial charge in [0.1, 0.15) is 18.9 Å². The largest absolute Gasteiger partial charge is 0.370 e. The second-order valence-electron chi connectivity index (χ2n) is 5.85. The molecule has 1 aromatic carbocycles. The summed E-state index contributed by atoms with van der Waals surface area (Å²) in [4.78, 5) is 15.8. The SMILES string of the molecule is O=C(c1cccc(F)c1)N1CCC([NH+]2CCOCC2)CC1. The summed E-state index contributed by atoms with van der Waals surface area (Å²) in [6.45, 7) is 5.37. The van der Waals surface area contributed by atoms with Gasteiger partial charge in [0.25, 0.3) is 5.91 Å². The maximum Gasteiger partial charge on any atom is 0.253 e. The number of hydrogen-bond donors (Lipinski definition) is 1.